The Balaban J connectivity index is 2.53. The number of nitrogens with one attached hydrogen (secondary N) is 1. The van der Waals surface area contributed by atoms with Crippen molar-refractivity contribution < 1.29 is 23.9 Å². The van der Waals surface area contributed by atoms with Gasteiger partial charge < -0.3 is 19.7 Å². The summed E-state index contributed by atoms with van der Waals surface area (Å²) in [4.78, 5) is 40.8. The normalized spacial score (nSPS) is 10.7. The number of benzene rings is 1. The van der Waals surface area contributed by atoms with Crippen LogP contribution in [0, 0.1) is 6.92 Å². The zero-order valence-corrected chi connectivity index (χ0v) is 20.1. The fraction of sp³-hybridized carbons (Fsp3) is 0.409. The topological polar surface area (TPSA) is 84.9 Å². The van der Waals surface area contributed by atoms with Crippen LogP contribution in [0.25, 0.3) is 0 Å². The van der Waals surface area contributed by atoms with Gasteiger partial charge in [-0.3, -0.25) is 9.59 Å². The number of amides is 2. The van der Waals surface area contributed by atoms with Crippen molar-refractivity contribution in [3.63, 3.8) is 0 Å². The number of anilines is 1. The maximum Gasteiger partial charge on any atom is 0.341 e. The van der Waals surface area contributed by atoms with Gasteiger partial charge in [0, 0.05) is 18.1 Å². The highest BCUT2D eigenvalue weighted by atomic mass is 35.5. The molecule has 2 rings (SSSR count). The molecule has 2 aromatic rings. The van der Waals surface area contributed by atoms with E-state index in [0.29, 0.717) is 34.3 Å². The lowest BCUT2D eigenvalue weighted by molar-refractivity contribution is 0.0379. The van der Waals surface area contributed by atoms with Crippen LogP contribution in [0.2, 0.25) is 5.02 Å². The molecule has 0 aliphatic carbocycles. The van der Waals surface area contributed by atoms with E-state index in [1.165, 1.54) is 13.2 Å². The largest absolute Gasteiger partial charge is 0.496 e. The van der Waals surface area contributed by atoms with Crippen LogP contribution in [0.3, 0.4) is 0 Å². The SMILES string of the molecule is CCN(CC)C(=O)c1sc(NC(=O)c2cc(Cl)ccc2OC)c(C(=O)OC(C)C)c1C. The summed E-state index contributed by atoms with van der Waals surface area (Å²) in [5.74, 6) is -0.982. The summed E-state index contributed by atoms with van der Waals surface area (Å²) in [5.41, 5.74) is 0.852. The van der Waals surface area contributed by atoms with Crippen LogP contribution in [0.5, 0.6) is 5.75 Å². The molecule has 0 bridgehead atoms. The highest BCUT2D eigenvalue weighted by Crippen LogP contribution is 2.36. The molecule has 1 aromatic carbocycles. The molecule has 0 atom stereocenters. The molecule has 168 valence electrons. The van der Waals surface area contributed by atoms with Crippen LogP contribution in [-0.2, 0) is 4.74 Å². The average Bonchev–Trinajstić information content (AvgIpc) is 3.04. The minimum atomic E-state index is -0.601. The maximum absolute atomic E-state index is 13.0. The van der Waals surface area contributed by atoms with E-state index < -0.39 is 11.9 Å². The lowest BCUT2D eigenvalue weighted by Gasteiger charge is -2.18. The van der Waals surface area contributed by atoms with Gasteiger partial charge in [-0.1, -0.05) is 11.6 Å². The van der Waals surface area contributed by atoms with E-state index in [4.69, 9.17) is 21.1 Å². The molecule has 0 aliphatic heterocycles. The smallest absolute Gasteiger partial charge is 0.341 e. The highest BCUT2D eigenvalue weighted by molar-refractivity contribution is 7.18. The number of esters is 1. The number of carbonyl (C=O) groups excluding carboxylic acids is 3. The molecule has 9 heteroatoms. The highest BCUT2D eigenvalue weighted by Gasteiger charge is 2.29. The van der Waals surface area contributed by atoms with Gasteiger partial charge in [0.25, 0.3) is 11.8 Å². The van der Waals surface area contributed by atoms with Crippen molar-refractivity contribution in [1.82, 2.24) is 4.90 Å². The van der Waals surface area contributed by atoms with Gasteiger partial charge in [-0.25, -0.2) is 4.79 Å². The Bertz CT molecular complexity index is 983. The van der Waals surface area contributed by atoms with Crippen LogP contribution >= 0.6 is 22.9 Å². The second-order valence-corrected chi connectivity index (χ2v) is 8.45. The molecule has 0 saturated heterocycles. The molecule has 7 nitrogen and oxygen atoms in total. The maximum atomic E-state index is 13.0. The zero-order valence-electron chi connectivity index (χ0n) is 18.5. The van der Waals surface area contributed by atoms with Gasteiger partial charge in [0.2, 0.25) is 0 Å². The number of hydrogen-bond donors (Lipinski definition) is 1. The number of thiophene rings is 1. The second-order valence-electron chi connectivity index (χ2n) is 6.99. The molecule has 0 spiro atoms. The van der Waals surface area contributed by atoms with Gasteiger partial charge >= 0.3 is 5.97 Å². The number of ether oxygens (including phenoxy) is 2. The Morgan fingerprint density at radius 2 is 1.84 bits per heavy atom. The molecular weight excluding hydrogens is 440 g/mol. The van der Waals surface area contributed by atoms with Gasteiger partial charge in [0.15, 0.2) is 0 Å². The van der Waals surface area contributed by atoms with Crippen LogP contribution in [0.15, 0.2) is 18.2 Å². The summed E-state index contributed by atoms with van der Waals surface area (Å²) in [7, 11) is 1.45. The van der Waals surface area contributed by atoms with Gasteiger partial charge in [0.05, 0.1) is 29.2 Å². The van der Waals surface area contributed by atoms with E-state index in [0.717, 1.165) is 11.3 Å². The number of hydrogen-bond acceptors (Lipinski definition) is 6. The van der Waals surface area contributed by atoms with Crippen LogP contribution in [-0.4, -0.2) is 49.0 Å². The number of methoxy groups -OCH3 is 1. The van der Waals surface area contributed by atoms with E-state index in [2.05, 4.69) is 5.32 Å². The summed E-state index contributed by atoms with van der Waals surface area (Å²) in [6.45, 7) is 9.96. The number of nitrogens with zero attached hydrogens (tertiary/aromatic N) is 1. The van der Waals surface area contributed by atoms with Crippen molar-refractivity contribution in [3.05, 3.63) is 44.8 Å². The van der Waals surface area contributed by atoms with Crippen molar-refractivity contribution in [1.29, 1.82) is 0 Å². The molecule has 31 heavy (non-hydrogen) atoms. The summed E-state index contributed by atoms with van der Waals surface area (Å²) in [6.07, 6.45) is -0.356. The molecule has 1 heterocycles. The third kappa shape index (κ3) is 5.57. The first kappa shape index (κ1) is 24.7. The third-order valence-electron chi connectivity index (χ3n) is 4.57. The Hall–Kier alpha value is -2.58. The van der Waals surface area contributed by atoms with Crippen molar-refractivity contribution in [3.8, 4) is 5.75 Å². The van der Waals surface area contributed by atoms with Crippen molar-refractivity contribution >= 4 is 45.7 Å². The molecule has 0 aliphatic rings. The summed E-state index contributed by atoms with van der Waals surface area (Å²) >= 11 is 7.09. The van der Waals surface area contributed by atoms with E-state index >= 15 is 0 Å². The quantitative estimate of drug-likeness (QED) is 0.552. The molecular formula is C22H27ClN2O5S. The fourth-order valence-electron chi connectivity index (χ4n) is 3.01. The van der Waals surface area contributed by atoms with Crippen LogP contribution in [0.4, 0.5) is 5.00 Å². The number of carbonyl (C=O) groups is 3. The first-order valence-electron chi connectivity index (χ1n) is 9.92. The molecule has 0 unspecified atom stereocenters. The van der Waals surface area contributed by atoms with E-state index in [-0.39, 0.29) is 28.1 Å². The predicted octanol–water partition coefficient (Wildman–Crippen LogP) is 5.02. The molecule has 0 fully saturated rings. The molecule has 0 radical (unpaired) electrons. The van der Waals surface area contributed by atoms with Crippen LogP contribution in [0.1, 0.15) is 63.6 Å². The zero-order chi connectivity index (χ0) is 23.3. The van der Waals surface area contributed by atoms with Gasteiger partial charge in [-0.05, 0) is 58.4 Å². The lowest BCUT2D eigenvalue weighted by atomic mass is 10.1. The Morgan fingerprint density at radius 3 is 2.39 bits per heavy atom. The van der Waals surface area contributed by atoms with E-state index in [1.807, 2.05) is 13.8 Å². The first-order chi connectivity index (χ1) is 14.6. The molecule has 1 N–H and O–H groups in total. The van der Waals surface area contributed by atoms with Gasteiger partial charge in [0.1, 0.15) is 10.8 Å². The number of halogens is 1. The van der Waals surface area contributed by atoms with Crippen molar-refractivity contribution in [2.24, 2.45) is 0 Å². The summed E-state index contributed by atoms with van der Waals surface area (Å²) in [5, 5.41) is 3.35. The predicted molar refractivity (Wildman–Crippen MR) is 123 cm³/mol. The Morgan fingerprint density at radius 1 is 1.19 bits per heavy atom. The van der Waals surface area contributed by atoms with E-state index in [1.54, 1.807) is 37.8 Å². The minimum Gasteiger partial charge on any atom is -0.496 e. The molecule has 0 saturated carbocycles. The van der Waals surface area contributed by atoms with Crippen molar-refractivity contribution in [2.75, 3.05) is 25.5 Å². The second kappa shape index (κ2) is 10.6. The first-order valence-corrected chi connectivity index (χ1v) is 11.1. The monoisotopic (exact) mass is 466 g/mol. The molecule has 1 aromatic heterocycles. The third-order valence-corrected chi connectivity index (χ3v) is 6.00. The number of rotatable bonds is 8. The van der Waals surface area contributed by atoms with Crippen molar-refractivity contribution in [2.45, 2.75) is 40.7 Å². The fourth-order valence-corrected chi connectivity index (χ4v) is 4.34. The Labute approximate surface area is 191 Å². The van der Waals surface area contributed by atoms with Crippen LogP contribution < -0.4 is 10.1 Å². The minimum absolute atomic E-state index is 0.170. The van der Waals surface area contributed by atoms with Gasteiger partial charge in [-0.15, -0.1) is 11.3 Å². The van der Waals surface area contributed by atoms with E-state index in [9.17, 15) is 14.4 Å². The average molecular weight is 467 g/mol. The Kier molecular flexibility index (Phi) is 8.47. The summed E-state index contributed by atoms with van der Waals surface area (Å²) in [6, 6.07) is 4.67. The summed E-state index contributed by atoms with van der Waals surface area (Å²) < 4.78 is 10.6. The molecule has 2 amide bonds. The standard InChI is InChI=1S/C22H27ClN2O5S/c1-7-25(8-2)21(27)18-13(5)17(22(28)30-12(3)4)20(31-18)24-19(26)15-11-14(23)9-10-16(15)29-6/h9-12H,7-8H2,1-6H3,(H,24,26). The lowest BCUT2D eigenvalue weighted by Crippen LogP contribution is -2.30. The van der Waals surface area contributed by atoms with Gasteiger partial charge in [-0.2, -0.15) is 0 Å².